The Morgan fingerprint density at radius 3 is 2.13 bits per heavy atom. The molecule has 0 amide bonds. The largest absolute Gasteiger partial charge is 0.247 e. The van der Waals surface area contributed by atoms with Gasteiger partial charge in [0.15, 0.2) is 0 Å². The lowest BCUT2D eigenvalue weighted by molar-refractivity contribution is 0.130. The van der Waals surface area contributed by atoms with E-state index in [9.17, 15) is 4.39 Å². The van der Waals surface area contributed by atoms with Crippen molar-refractivity contribution in [2.45, 2.75) is 64.4 Å². The molecule has 2 heteroatoms. The molecule has 1 fully saturated rings. The van der Waals surface area contributed by atoms with Crippen LogP contribution in [0.3, 0.4) is 0 Å². The molecule has 0 nitrogen and oxygen atoms in total. The minimum absolute atomic E-state index is 0.219. The molecular weight excluding hydrogens is 211 g/mol. The number of alkyl halides is 2. The second-order valence-corrected chi connectivity index (χ2v) is 6.13. The van der Waals surface area contributed by atoms with Crippen LogP contribution < -0.4 is 0 Å². The van der Waals surface area contributed by atoms with Crippen LogP contribution in [0, 0.1) is 17.8 Å². The molecular formula is C13H24ClF. The molecule has 0 aliphatic heterocycles. The third kappa shape index (κ3) is 4.30. The van der Waals surface area contributed by atoms with E-state index in [0.29, 0.717) is 23.6 Å². The summed E-state index contributed by atoms with van der Waals surface area (Å²) >= 11 is 6.06. The molecule has 1 saturated carbocycles. The maximum absolute atomic E-state index is 13.9. The molecule has 0 aromatic carbocycles. The first kappa shape index (κ1) is 13.3. The lowest BCUT2D eigenvalue weighted by Gasteiger charge is -2.32. The van der Waals surface area contributed by atoms with E-state index in [2.05, 4.69) is 20.8 Å². The van der Waals surface area contributed by atoms with Crippen LogP contribution in [0.5, 0.6) is 0 Å². The van der Waals surface area contributed by atoms with Crippen molar-refractivity contribution in [2.24, 2.45) is 17.8 Å². The first-order valence-corrected chi connectivity index (χ1v) is 6.72. The van der Waals surface area contributed by atoms with Crippen LogP contribution in [-0.4, -0.2) is 11.5 Å². The summed E-state index contributed by atoms with van der Waals surface area (Å²) in [5.41, 5.74) is 0. The SMILES string of the molecule is CC(C)CC(F)C(C)C1CCC(Cl)CC1. The summed E-state index contributed by atoms with van der Waals surface area (Å²) in [7, 11) is 0. The van der Waals surface area contributed by atoms with E-state index < -0.39 is 6.17 Å². The Kier molecular flexibility index (Phi) is 5.38. The maximum Gasteiger partial charge on any atom is 0.103 e. The average molecular weight is 235 g/mol. The third-order valence-electron chi connectivity index (χ3n) is 3.71. The standard InChI is InChI=1S/C13H24ClF/c1-9(2)8-13(15)10(3)11-4-6-12(14)7-5-11/h9-13H,4-8H2,1-3H3. The number of hydrogen-bond acceptors (Lipinski definition) is 0. The van der Waals surface area contributed by atoms with Gasteiger partial charge in [-0.05, 0) is 49.9 Å². The highest BCUT2D eigenvalue weighted by Crippen LogP contribution is 2.35. The molecule has 0 bridgehead atoms. The highest BCUT2D eigenvalue weighted by Gasteiger charge is 2.29. The number of hydrogen-bond donors (Lipinski definition) is 0. The summed E-state index contributed by atoms with van der Waals surface area (Å²) in [5.74, 6) is 1.25. The van der Waals surface area contributed by atoms with Gasteiger partial charge in [0.1, 0.15) is 6.17 Å². The molecule has 0 aromatic rings. The molecule has 1 rings (SSSR count). The van der Waals surface area contributed by atoms with Crippen molar-refractivity contribution in [3.8, 4) is 0 Å². The predicted octanol–water partition coefficient (Wildman–Crippen LogP) is 4.80. The van der Waals surface area contributed by atoms with Gasteiger partial charge >= 0.3 is 0 Å². The van der Waals surface area contributed by atoms with Gasteiger partial charge < -0.3 is 0 Å². The zero-order valence-corrected chi connectivity index (χ0v) is 10.9. The first-order valence-electron chi connectivity index (χ1n) is 6.28. The van der Waals surface area contributed by atoms with Crippen molar-refractivity contribution in [1.82, 2.24) is 0 Å². The van der Waals surface area contributed by atoms with Crippen molar-refractivity contribution in [3.63, 3.8) is 0 Å². The van der Waals surface area contributed by atoms with Crippen LogP contribution in [0.2, 0.25) is 0 Å². The molecule has 0 saturated heterocycles. The summed E-state index contributed by atoms with van der Waals surface area (Å²) < 4.78 is 13.9. The quantitative estimate of drug-likeness (QED) is 0.613. The van der Waals surface area contributed by atoms with E-state index in [1.54, 1.807) is 0 Å². The molecule has 2 atom stereocenters. The Morgan fingerprint density at radius 2 is 1.67 bits per heavy atom. The van der Waals surface area contributed by atoms with E-state index in [-0.39, 0.29) is 5.92 Å². The Labute approximate surface area is 98.6 Å². The fourth-order valence-electron chi connectivity index (χ4n) is 2.56. The summed E-state index contributed by atoms with van der Waals surface area (Å²) in [6, 6.07) is 0. The van der Waals surface area contributed by atoms with Crippen molar-refractivity contribution >= 4 is 11.6 Å². The van der Waals surface area contributed by atoms with E-state index in [1.165, 1.54) is 0 Å². The lowest BCUT2D eigenvalue weighted by atomic mass is 9.77. The molecule has 0 N–H and O–H groups in total. The summed E-state index contributed by atoms with van der Waals surface area (Å²) in [6.07, 6.45) is 4.47. The van der Waals surface area contributed by atoms with Gasteiger partial charge in [-0.1, -0.05) is 20.8 Å². The highest BCUT2D eigenvalue weighted by atomic mass is 35.5. The normalized spacial score (nSPS) is 31.6. The van der Waals surface area contributed by atoms with Gasteiger partial charge in [0.2, 0.25) is 0 Å². The fourth-order valence-corrected chi connectivity index (χ4v) is 2.82. The number of halogens is 2. The minimum Gasteiger partial charge on any atom is -0.247 e. The second-order valence-electron chi connectivity index (χ2n) is 5.52. The van der Waals surface area contributed by atoms with Gasteiger partial charge in [0.25, 0.3) is 0 Å². The van der Waals surface area contributed by atoms with E-state index in [0.717, 1.165) is 25.7 Å². The van der Waals surface area contributed by atoms with Crippen LogP contribution in [0.25, 0.3) is 0 Å². The molecule has 1 aliphatic rings. The van der Waals surface area contributed by atoms with Gasteiger partial charge in [-0.25, -0.2) is 4.39 Å². The van der Waals surface area contributed by atoms with Gasteiger partial charge in [0, 0.05) is 5.38 Å². The summed E-state index contributed by atoms with van der Waals surface area (Å²) in [6.45, 7) is 6.26. The molecule has 0 aromatic heterocycles. The molecule has 0 spiro atoms. The van der Waals surface area contributed by atoms with Crippen molar-refractivity contribution in [3.05, 3.63) is 0 Å². The monoisotopic (exact) mass is 234 g/mol. The fraction of sp³-hybridized carbons (Fsp3) is 1.00. The second kappa shape index (κ2) is 6.08. The van der Waals surface area contributed by atoms with Crippen LogP contribution in [0.1, 0.15) is 52.9 Å². The van der Waals surface area contributed by atoms with Gasteiger partial charge in [-0.3, -0.25) is 0 Å². The van der Waals surface area contributed by atoms with Crippen LogP contribution >= 0.6 is 11.6 Å². The predicted molar refractivity (Wildman–Crippen MR) is 65.1 cm³/mol. The van der Waals surface area contributed by atoms with Gasteiger partial charge in [-0.2, -0.15) is 0 Å². The van der Waals surface area contributed by atoms with E-state index in [4.69, 9.17) is 11.6 Å². The Bertz CT molecular complexity index is 173. The zero-order chi connectivity index (χ0) is 11.4. The summed E-state index contributed by atoms with van der Waals surface area (Å²) in [4.78, 5) is 0. The lowest BCUT2D eigenvalue weighted by Crippen LogP contribution is -2.27. The highest BCUT2D eigenvalue weighted by molar-refractivity contribution is 6.20. The first-order chi connectivity index (χ1) is 7.00. The Hall–Kier alpha value is 0.220. The van der Waals surface area contributed by atoms with Gasteiger partial charge in [0.05, 0.1) is 0 Å². The molecule has 1 aliphatic carbocycles. The maximum atomic E-state index is 13.9. The Balaban J connectivity index is 2.35. The number of rotatable bonds is 4. The third-order valence-corrected chi connectivity index (χ3v) is 4.15. The minimum atomic E-state index is -0.623. The Morgan fingerprint density at radius 1 is 1.13 bits per heavy atom. The zero-order valence-electron chi connectivity index (χ0n) is 10.2. The molecule has 0 radical (unpaired) electrons. The molecule has 0 heterocycles. The van der Waals surface area contributed by atoms with Crippen LogP contribution in [0.4, 0.5) is 4.39 Å². The average Bonchev–Trinajstić information content (AvgIpc) is 2.17. The van der Waals surface area contributed by atoms with Gasteiger partial charge in [-0.15, -0.1) is 11.6 Å². The van der Waals surface area contributed by atoms with Crippen molar-refractivity contribution in [2.75, 3.05) is 0 Å². The topological polar surface area (TPSA) is 0 Å². The summed E-state index contributed by atoms with van der Waals surface area (Å²) in [5, 5.41) is 0.344. The van der Waals surface area contributed by atoms with Crippen LogP contribution in [0.15, 0.2) is 0 Å². The molecule has 2 unspecified atom stereocenters. The smallest absolute Gasteiger partial charge is 0.103 e. The van der Waals surface area contributed by atoms with Crippen molar-refractivity contribution in [1.29, 1.82) is 0 Å². The van der Waals surface area contributed by atoms with Crippen LogP contribution in [-0.2, 0) is 0 Å². The van der Waals surface area contributed by atoms with E-state index >= 15 is 0 Å². The van der Waals surface area contributed by atoms with Crippen molar-refractivity contribution < 1.29 is 4.39 Å². The molecule has 15 heavy (non-hydrogen) atoms. The molecule has 90 valence electrons. The van der Waals surface area contributed by atoms with E-state index in [1.807, 2.05) is 0 Å².